The van der Waals surface area contributed by atoms with E-state index < -0.39 is 41.9 Å². The normalized spacial score (nSPS) is 17.4. The van der Waals surface area contributed by atoms with Gasteiger partial charge in [0.2, 0.25) is 11.9 Å². The molecule has 2 saturated heterocycles. The predicted octanol–water partition coefficient (Wildman–Crippen LogP) is 12.3. The molecule has 26 nitrogen and oxygen atoms in total. The lowest BCUT2D eigenvalue weighted by molar-refractivity contribution is -0.142. The average Bonchev–Trinajstić information content (AvgIpc) is 1.75. The molecule has 4 aromatic heterocycles. The number of anilines is 6. The zero-order valence-corrected chi connectivity index (χ0v) is 53.9. The third kappa shape index (κ3) is 20.4. The minimum Gasteiger partial charge on any atom is -0.494 e. The van der Waals surface area contributed by atoms with Gasteiger partial charge in [0.15, 0.2) is 34.0 Å². The molecule has 0 bridgehead atoms. The molecule has 6 aromatic rings. The monoisotopic (exact) mass is 1260 g/mol. The van der Waals surface area contributed by atoms with E-state index in [0.29, 0.717) is 61.5 Å². The second kappa shape index (κ2) is 32.2. The van der Waals surface area contributed by atoms with Gasteiger partial charge in [-0.15, -0.1) is 0 Å². The third-order valence-corrected chi connectivity index (χ3v) is 15.7. The lowest BCUT2D eigenvalue weighted by atomic mass is 9.95. The molecule has 0 spiro atoms. The Bertz CT molecular complexity index is 3310. The molecule has 5 N–H and O–H groups in total. The number of fused-ring (bicyclic) bond motifs is 2. The van der Waals surface area contributed by atoms with Gasteiger partial charge in [-0.1, -0.05) is 38.5 Å². The van der Waals surface area contributed by atoms with Gasteiger partial charge in [0.25, 0.3) is 0 Å². The van der Waals surface area contributed by atoms with E-state index in [1.807, 2.05) is 70.3 Å². The highest BCUT2D eigenvalue weighted by molar-refractivity contribution is 5.86. The van der Waals surface area contributed by atoms with Crippen molar-refractivity contribution in [2.24, 2.45) is 0 Å². The first-order valence-corrected chi connectivity index (χ1v) is 32.3. The number of benzene rings is 2. The van der Waals surface area contributed by atoms with Gasteiger partial charge in [-0.05, 0) is 167 Å². The smallest absolute Gasteiger partial charge is 0.410 e. The molecule has 2 amide bonds. The Morgan fingerprint density at radius 2 is 0.967 bits per heavy atom. The summed E-state index contributed by atoms with van der Waals surface area (Å²) in [6.45, 7) is 12.5. The Labute approximate surface area is 532 Å². The minimum atomic E-state index is -1.10. The quantitative estimate of drug-likeness (QED) is 0.0214. The fourth-order valence-corrected chi connectivity index (χ4v) is 11.3. The van der Waals surface area contributed by atoms with Crippen LogP contribution in [-0.2, 0) is 33.3 Å². The Morgan fingerprint density at radius 1 is 0.560 bits per heavy atom. The number of nitrogens with one attached hydrogen (secondary N) is 4. The van der Waals surface area contributed by atoms with Crippen LogP contribution in [0.1, 0.15) is 170 Å². The Hall–Kier alpha value is -8.26. The van der Waals surface area contributed by atoms with Crippen LogP contribution in [0.4, 0.5) is 44.5 Å². The maximum absolute atomic E-state index is 12.6. The van der Waals surface area contributed by atoms with Crippen molar-refractivity contribution >= 4 is 81.4 Å². The Morgan fingerprint density at radius 3 is 1.34 bits per heavy atom. The summed E-state index contributed by atoms with van der Waals surface area (Å²) in [6, 6.07) is 15.7. The molecule has 6 heterocycles. The number of aromatic nitrogens is 8. The summed E-state index contributed by atoms with van der Waals surface area (Å²) < 4.78 is 43.4. The number of amides is 2. The number of carbonyl (C=O) groups excluding carboxylic acids is 3. The summed E-state index contributed by atoms with van der Waals surface area (Å²) in [6.07, 6.45) is 21.2. The SMILES string of the molecule is CC(C)(C)OC(=O)N(CCCOc1ccc(Nc2nc(NC3CCCCC3)c3ncn(C4CCCCO4)c3n2)cc1)CC(=O)O.COC(=O)CN(CCCOc1ccc(Nc2nc(NC3CCCCC3)c3ncn(C4CCCCO4)c3n2)cc1)C(=O)OC(C)(C)C. The van der Waals surface area contributed by atoms with Crippen LogP contribution in [0.3, 0.4) is 0 Å². The molecule has 0 radical (unpaired) electrons. The summed E-state index contributed by atoms with van der Waals surface area (Å²) in [7, 11) is 1.29. The molecule has 2 saturated carbocycles. The number of hydrogen-bond acceptors (Lipinski definition) is 21. The summed E-state index contributed by atoms with van der Waals surface area (Å²) in [5.41, 5.74) is 3.20. The zero-order chi connectivity index (χ0) is 64.3. The highest BCUT2D eigenvalue weighted by Gasteiger charge is 2.28. The number of esters is 1. The van der Waals surface area contributed by atoms with Gasteiger partial charge in [-0.25, -0.2) is 19.6 Å². The molecule has 2 atom stereocenters. The van der Waals surface area contributed by atoms with E-state index in [1.54, 1.807) is 41.5 Å². The van der Waals surface area contributed by atoms with Crippen LogP contribution in [-0.4, -0.2) is 161 Å². The van der Waals surface area contributed by atoms with Crippen LogP contribution in [0.15, 0.2) is 61.2 Å². The van der Waals surface area contributed by atoms with Gasteiger partial charge in [0, 0.05) is 49.8 Å². The predicted molar refractivity (Wildman–Crippen MR) is 344 cm³/mol. The standard InChI is InChI=1S/C33H47N7O6.C32H45N7O6/c1-33(2,3)46-32(42)39(21-27(41)43-4)18-10-20-44-25-16-14-24(15-17-25)36-31-37-29(35-23-11-6-5-7-12-23)28-30(38-31)40(22-34-28)26-13-8-9-19-45-26;1-32(2,3)45-31(42)38(20-26(40)41)17-9-19-43-24-15-13-23(14-16-24)35-30-36-28(34-22-10-5-4-6-11-22)27-29(37-30)39(21-33-27)25-12-7-8-18-44-25/h14-17,22-23,26H,5-13,18-21H2,1-4H3,(H2,35,36,37,38);13-16,21-22,25H,4-12,17-20H2,1-3H3,(H,40,41)(H2,34,35,36,37). The van der Waals surface area contributed by atoms with Crippen LogP contribution in [0.25, 0.3) is 22.3 Å². The number of imidazole rings is 2. The first kappa shape index (κ1) is 67.1. The summed E-state index contributed by atoms with van der Waals surface area (Å²) >= 11 is 0. The molecule has 26 heteroatoms. The van der Waals surface area contributed by atoms with Crippen molar-refractivity contribution in [2.75, 3.05) is 81.0 Å². The van der Waals surface area contributed by atoms with Crippen LogP contribution in [0.2, 0.25) is 0 Å². The van der Waals surface area contributed by atoms with E-state index >= 15 is 0 Å². The fourth-order valence-electron chi connectivity index (χ4n) is 11.3. The highest BCUT2D eigenvalue weighted by atomic mass is 16.6. The van der Waals surface area contributed by atoms with Gasteiger partial charge in [0.05, 0.1) is 33.0 Å². The van der Waals surface area contributed by atoms with Crippen molar-refractivity contribution in [3.63, 3.8) is 0 Å². The molecule has 2 aliphatic heterocycles. The van der Waals surface area contributed by atoms with Crippen LogP contribution in [0, 0.1) is 0 Å². The molecular weight excluding hydrogens is 1170 g/mol. The second-order valence-corrected chi connectivity index (χ2v) is 25.5. The lowest BCUT2D eigenvalue weighted by Gasteiger charge is -2.26. The molecule has 4 aliphatic rings. The number of nitrogens with zero attached hydrogens (tertiary/aromatic N) is 10. The molecular formula is C65H92N14O12. The van der Waals surface area contributed by atoms with E-state index in [0.717, 1.165) is 123 Å². The zero-order valence-electron chi connectivity index (χ0n) is 53.9. The van der Waals surface area contributed by atoms with Crippen molar-refractivity contribution in [2.45, 2.75) is 193 Å². The number of carboxylic acid groups (broad SMARTS) is 1. The Balaban J connectivity index is 0.000000215. The molecule has 2 aromatic carbocycles. The first-order chi connectivity index (χ1) is 43.8. The minimum absolute atomic E-state index is 0.0860. The van der Waals surface area contributed by atoms with E-state index in [2.05, 4.69) is 21.3 Å². The molecule has 2 aliphatic carbocycles. The van der Waals surface area contributed by atoms with E-state index in [4.69, 9.17) is 63.1 Å². The van der Waals surface area contributed by atoms with Crippen molar-refractivity contribution < 1.29 is 57.4 Å². The van der Waals surface area contributed by atoms with E-state index in [9.17, 15) is 24.3 Å². The highest BCUT2D eigenvalue weighted by Crippen LogP contribution is 2.34. The second-order valence-electron chi connectivity index (χ2n) is 25.5. The van der Waals surface area contributed by atoms with Crippen LogP contribution in [0.5, 0.6) is 11.5 Å². The molecule has 10 rings (SSSR count). The lowest BCUT2D eigenvalue weighted by Crippen LogP contribution is -2.41. The molecule has 2 unspecified atom stereocenters. The van der Waals surface area contributed by atoms with Crippen molar-refractivity contribution in [3.8, 4) is 11.5 Å². The van der Waals surface area contributed by atoms with Crippen molar-refractivity contribution in [3.05, 3.63) is 61.2 Å². The summed E-state index contributed by atoms with van der Waals surface area (Å²) in [4.78, 5) is 79.3. The number of rotatable bonds is 24. The number of carbonyl (C=O) groups is 4. The fraction of sp³-hybridized carbons (Fsp3) is 0.600. The maximum Gasteiger partial charge on any atom is 0.410 e. The number of ether oxygens (including phenoxy) is 7. The van der Waals surface area contributed by atoms with Crippen LogP contribution < -0.4 is 30.7 Å². The number of aliphatic carboxylic acids is 1. The van der Waals surface area contributed by atoms with Gasteiger partial charge in [-0.2, -0.15) is 19.9 Å². The Kier molecular flexibility index (Phi) is 23.7. The summed E-state index contributed by atoms with van der Waals surface area (Å²) in [5.74, 6) is 2.11. The van der Waals surface area contributed by atoms with Crippen molar-refractivity contribution in [1.29, 1.82) is 0 Å². The topological polar surface area (TPSA) is 295 Å². The average molecular weight is 1260 g/mol. The molecule has 4 fully saturated rings. The van der Waals surface area contributed by atoms with Crippen molar-refractivity contribution in [1.82, 2.24) is 48.8 Å². The van der Waals surface area contributed by atoms with Gasteiger partial charge in [0.1, 0.15) is 48.2 Å². The first-order valence-electron chi connectivity index (χ1n) is 32.3. The van der Waals surface area contributed by atoms with Crippen LogP contribution >= 0.6 is 0 Å². The van der Waals surface area contributed by atoms with Gasteiger partial charge < -0.3 is 59.5 Å². The number of carboxylic acids is 1. The molecule has 494 valence electrons. The summed E-state index contributed by atoms with van der Waals surface area (Å²) in [5, 5.41) is 23.2. The van der Waals surface area contributed by atoms with Gasteiger partial charge >= 0.3 is 24.1 Å². The van der Waals surface area contributed by atoms with Gasteiger partial charge in [-0.3, -0.25) is 28.5 Å². The number of hydrogen-bond donors (Lipinski definition) is 5. The molecule has 91 heavy (non-hydrogen) atoms. The maximum atomic E-state index is 12.6. The largest absolute Gasteiger partial charge is 0.494 e. The van der Waals surface area contributed by atoms with E-state index in [-0.39, 0.29) is 32.1 Å². The third-order valence-electron chi connectivity index (χ3n) is 15.7. The number of methoxy groups -OCH3 is 1. The van der Waals surface area contributed by atoms with E-state index in [1.165, 1.54) is 55.4 Å².